The van der Waals surface area contributed by atoms with Crippen LogP contribution in [-0.4, -0.2) is 26.0 Å². The van der Waals surface area contributed by atoms with E-state index >= 15 is 0 Å². The number of hydrogen-bond donors (Lipinski definition) is 3. The third kappa shape index (κ3) is 4.25. The van der Waals surface area contributed by atoms with Crippen LogP contribution in [0.4, 0.5) is 5.69 Å². The Morgan fingerprint density at radius 1 is 1.26 bits per heavy atom. The molecule has 0 aliphatic heterocycles. The molecule has 0 aliphatic rings. The molecule has 0 saturated heterocycles. The summed E-state index contributed by atoms with van der Waals surface area (Å²) in [6, 6.07) is 11.8. The van der Waals surface area contributed by atoms with Gasteiger partial charge in [-0.05, 0) is 31.2 Å². The standard InChI is InChI=1S/C15H16N2O4S2/c1-2-17-12-9-13(22-10-6-4-3-5-7-10)14(23(16,20)21)8-11(12)15(18)19/h3-9,17H,2H2,1H3,(H,18,19)(H2,16,20,21). The van der Waals surface area contributed by atoms with E-state index in [1.54, 1.807) is 0 Å². The summed E-state index contributed by atoms with van der Waals surface area (Å²) in [5, 5.41) is 17.5. The first-order valence-corrected chi connectivity index (χ1v) is 9.10. The Bertz CT molecular complexity index is 821. The van der Waals surface area contributed by atoms with E-state index < -0.39 is 16.0 Å². The number of carbonyl (C=O) groups is 1. The molecule has 0 amide bonds. The van der Waals surface area contributed by atoms with Crippen LogP contribution in [0.5, 0.6) is 0 Å². The van der Waals surface area contributed by atoms with Crippen molar-refractivity contribution in [3.63, 3.8) is 0 Å². The van der Waals surface area contributed by atoms with Crippen LogP contribution < -0.4 is 10.5 Å². The van der Waals surface area contributed by atoms with Gasteiger partial charge in [0.05, 0.1) is 10.5 Å². The summed E-state index contributed by atoms with van der Waals surface area (Å²) in [6.45, 7) is 2.33. The van der Waals surface area contributed by atoms with Gasteiger partial charge in [-0.2, -0.15) is 0 Å². The predicted molar refractivity (Wildman–Crippen MR) is 89.5 cm³/mol. The molecule has 2 aromatic rings. The zero-order valence-corrected chi connectivity index (χ0v) is 13.9. The van der Waals surface area contributed by atoms with Crippen LogP contribution >= 0.6 is 11.8 Å². The van der Waals surface area contributed by atoms with E-state index in [2.05, 4.69) is 5.32 Å². The number of rotatable bonds is 6. The van der Waals surface area contributed by atoms with Crippen molar-refractivity contribution in [2.45, 2.75) is 21.6 Å². The van der Waals surface area contributed by atoms with E-state index in [1.165, 1.54) is 17.8 Å². The first-order chi connectivity index (χ1) is 10.8. The maximum atomic E-state index is 11.8. The Morgan fingerprint density at radius 2 is 1.91 bits per heavy atom. The molecule has 122 valence electrons. The van der Waals surface area contributed by atoms with Gasteiger partial charge in [-0.3, -0.25) is 0 Å². The smallest absolute Gasteiger partial charge is 0.337 e. The molecule has 0 fully saturated rings. The Morgan fingerprint density at radius 3 is 2.43 bits per heavy atom. The molecular weight excluding hydrogens is 336 g/mol. The number of sulfonamides is 1. The van der Waals surface area contributed by atoms with Gasteiger partial charge in [-0.15, -0.1) is 0 Å². The molecule has 6 nitrogen and oxygen atoms in total. The highest BCUT2D eigenvalue weighted by atomic mass is 32.2. The topological polar surface area (TPSA) is 109 Å². The molecular formula is C15H16N2O4S2. The van der Waals surface area contributed by atoms with Crippen molar-refractivity contribution in [1.82, 2.24) is 0 Å². The predicted octanol–water partition coefficient (Wildman–Crippen LogP) is 2.62. The van der Waals surface area contributed by atoms with Gasteiger partial charge in [0.25, 0.3) is 0 Å². The molecule has 0 aliphatic carbocycles. The van der Waals surface area contributed by atoms with Crippen molar-refractivity contribution in [1.29, 1.82) is 0 Å². The van der Waals surface area contributed by atoms with E-state index in [0.717, 1.165) is 11.0 Å². The number of nitrogens with one attached hydrogen (secondary N) is 1. The van der Waals surface area contributed by atoms with E-state index in [-0.39, 0.29) is 10.5 Å². The largest absolute Gasteiger partial charge is 0.478 e. The van der Waals surface area contributed by atoms with Crippen molar-refractivity contribution in [3.05, 3.63) is 48.0 Å². The van der Waals surface area contributed by atoms with Gasteiger partial charge in [-0.1, -0.05) is 30.0 Å². The Labute approximate surface area is 138 Å². The second-order valence-electron chi connectivity index (χ2n) is 4.64. The highest BCUT2D eigenvalue weighted by Crippen LogP contribution is 2.36. The summed E-state index contributed by atoms with van der Waals surface area (Å²) in [6.07, 6.45) is 0. The van der Waals surface area contributed by atoms with Gasteiger partial charge < -0.3 is 10.4 Å². The zero-order chi connectivity index (χ0) is 17.0. The average molecular weight is 352 g/mol. The van der Waals surface area contributed by atoms with Gasteiger partial charge in [-0.25, -0.2) is 18.4 Å². The van der Waals surface area contributed by atoms with Crippen LogP contribution in [0.1, 0.15) is 17.3 Å². The van der Waals surface area contributed by atoms with Crippen molar-refractivity contribution in [3.8, 4) is 0 Å². The number of carboxylic acids is 1. The lowest BCUT2D eigenvalue weighted by Gasteiger charge is -2.14. The molecule has 23 heavy (non-hydrogen) atoms. The molecule has 4 N–H and O–H groups in total. The monoisotopic (exact) mass is 352 g/mol. The van der Waals surface area contributed by atoms with Crippen molar-refractivity contribution >= 4 is 33.4 Å². The van der Waals surface area contributed by atoms with Crippen LogP contribution in [0.25, 0.3) is 0 Å². The maximum absolute atomic E-state index is 11.8. The Balaban J connectivity index is 2.62. The van der Waals surface area contributed by atoms with Crippen LogP contribution in [0.3, 0.4) is 0 Å². The Kier molecular flexibility index (Phi) is 5.30. The molecule has 0 unspecified atom stereocenters. The summed E-state index contributed by atoms with van der Waals surface area (Å²) in [5.74, 6) is -1.22. The highest BCUT2D eigenvalue weighted by molar-refractivity contribution is 8.00. The van der Waals surface area contributed by atoms with Crippen LogP contribution in [0, 0.1) is 0 Å². The fraction of sp³-hybridized carbons (Fsp3) is 0.133. The average Bonchev–Trinajstić information content (AvgIpc) is 2.47. The van der Waals surface area contributed by atoms with Crippen molar-refractivity contribution < 1.29 is 18.3 Å². The van der Waals surface area contributed by atoms with Gasteiger partial charge in [0.2, 0.25) is 10.0 Å². The summed E-state index contributed by atoms with van der Waals surface area (Å²) in [5.41, 5.74) is 0.221. The van der Waals surface area contributed by atoms with Gasteiger partial charge >= 0.3 is 5.97 Å². The Hall–Kier alpha value is -2.03. The van der Waals surface area contributed by atoms with Gasteiger partial charge in [0.15, 0.2) is 0 Å². The number of benzene rings is 2. The molecule has 0 spiro atoms. The summed E-state index contributed by atoms with van der Waals surface area (Å²) < 4.78 is 23.7. The van der Waals surface area contributed by atoms with Crippen LogP contribution in [0.2, 0.25) is 0 Å². The minimum absolute atomic E-state index is 0.131. The third-order valence-corrected chi connectivity index (χ3v) is 5.10. The molecule has 0 radical (unpaired) electrons. The fourth-order valence-electron chi connectivity index (χ4n) is 1.99. The van der Waals surface area contributed by atoms with E-state index in [0.29, 0.717) is 17.1 Å². The molecule has 0 aromatic heterocycles. The SMILES string of the molecule is CCNc1cc(Sc2ccccc2)c(S(N)(=O)=O)cc1C(=O)O. The highest BCUT2D eigenvalue weighted by Gasteiger charge is 2.21. The molecule has 2 rings (SSSR count). The second-order valence-corrected chi connectivity index (χ2v) is 7.29. The number of anilines is 1. The summed E-state index contributed by atoms with van der Waals surface area (Å²) >= 11 is 1.21. The molecule has 0 bridgehead atoms. The molecule has 0 atom stereocenters. The van der Waals surface area contributed by atoms with Crippen molar-refractivity contribution in [2.75, 3.05) is 11.9 Å². The van der Waals surface area contributed by atoms with Crippen LogP contribution in [-0.2, 0) is 10.0 Å². The first-order valence-electron chi connectivity index (χ1n) is 6.74. The zero-order valence-electron chi connectivity index (χ0n) is 12.3. The molecule has 0 saturated carbocycles. The lowest BCUT2D eigenvalue weighted by molar-refractivity contribution is 0.0697. The first kappa shape index (κ1) is 17.3. The maximum Gasteiger partial charge on any atom is 0.337 e. The third-order valence-electron chi connectivity index (χ3n) is 2.96. The lowest BCUT2D eigenvalue weighted by atomic mass is 10.2. The lowest BCUT2D eigenvalue weighted by Crippen LogP contribution is -2.16. The summed E-state index contributed by atoms with van der Waals surface area (Å²) in [7, 11) is -4.05. The number of primary sulfonamides is 1. The fourth-order valence-corrected chi connectivity index (χ4v) is 3.97. The normalized spacial score (nSPS) is 11.2. The molecule has 8 heteroatoms. The number of hydrogen-bond acceptors (Lipinski definition) is 5. The van der Waals surface area contributed by atoms with Crippen LogP contribution in [0.15, 0.2) is 57.2 Å². The second kappa shape index (κ2) is 7.03. The summed E-state index contributed by atoms with van der Waals surface area (Å²) in [4.78, 5) is 12.4. The minimum atomic E-state index is -4.05. The van der Waals surface area contributed by atoms with Gasteiger partial charge in [0, 0.05) is 22.0 Å². The number of carboxylic acid groups (broad SMARTS) is 1. The molecule has 0 heterocycles. The minimum Gasteiger partial charge on any atom is -0.478 e. The van der Waals surface area contributed by atoms with E-state index in [1.807, 2.05) is 37.3 Å². The number of nitrogens with two attached hydrogens (primary N) is 1. The molecule has 2 aromatic carbocycles. The van der Waals surface area contributed by atoms with Crippen molar-refractivity contribution in [2.24, 2.45) is 5.14 Å². The quantitative estimate of drug-likeness (QED) is 0.737. The van der Waals surface area contributed by atoms with E-state index in [4.69, 9.17) is 5.14 Å². The van der Waals surface area contributed by atoms with E-state index in [9.17, 15) is 18.3 Å². The number of aromatic carboxylic acids is 1. The van der Waals surface area contributed by atoms with Gasteiger partial charge in [0.1, 0.15) is 0 Å².